The molecular formula is C16H16F3NO2S. The minimum Gasteiger partial charge on any atom is -0.456 e. The summed E-state index contributed by atoms with van der Waals surface area (Å²) < 4.78 is 49.6. The van der Waals surface area contributed by atoms with Gasteiger partial charge in [0.2, 0.25) is 0 Å². The Bertz CT molecular complexity index is 770. The van der Waals surface area contributed by atoms with Crippen molar-refractivity contribution in [2.45, 2.75) is 51.3 Å². The highest BCUT2D eigenvalue weighted by Crippen LogP contribution is 2.45. The van der Waals surface area contributed by atoms with E-state index < -0.39 is 23.3 Å². The molecule has 23 heavy (non-hydrogen) atoms. The van der Waals surface area contributed by atoms with Crippen LogP contribution in [0.1, 0.15) is 61.1 Å². The lowest BCUT2D eigenvalue weighted by Gasteiger charge is -2.20. The van der Waals surface area contributed by atoms with E-state index in [2.05, 4.69) is 4.37 Å². The third-order valence-corrected chi connectivity index (χ3v) is 4.42. The fraction of sp³-hybridized carbons (Fsp3) is 0.500. The Hall–Kier alpha value is -1.63. The Balaban J connectivity index is 2.17. The molecule has 0 radical (unpaired) electrons. The van der Waals surface area contributed by atoms with Gasteiger partial charge in [0.15, 0.2) is 0 Å². The lowest BCUT2D eigenvalue weighted by atomic mass is 10.0. The third kappa shape index (κ3) is 3.34. The number of aromatic nitrogens is 1. The van der Waals surface area contributed by atoms with E-state index in [1.54, 1.807) is 20.8 Å². The minimum absolute atomic E-state index is 0.0610. The van der Waals surface area contributed by atoms with Crippen LogP contribution in [-0.2, 0) is 10.9 Å². The number of esters is 1. The molecule has 0 N–H and O–H groups in total. The number of nitrogens with zero attached hydrogens (tertiary/aromatic N) is 1. The van der Waals surface area contributed by atoms with Gasteiger partial charge in [0, 0.05) is 11.3 Å². The van der Waals surface area contributed by atoms with Crippen molar-refractivity contribution in [3.8, 4) is 0 Å². The van der Waals surface area contributed by atoms with Crippen molar-refractivity contribution in [3.63, 3.8) is 0 Å². The number of carbonyl (C=O) groups is 1. The fourth-order valence-corrected chi connectivity index (χ4v) is 3.30. The molecule has 0 aliphatic heterocycles. The van der Waals surface area contributed by atoms with Crippen LogP contribution in [0.4, 0.5) is 13.2 Å². The molecule has 1 aromatic carbocycles. The summed E-state index contributed by atoms with van der Waals surface area (Å²) in [6.07, 6.45) is -2.67. The van der Waals surface area contributed by atoms with Gasteiger partial charge in [-0.25, -0.2) is 4.79 Å². The molecule has 0 amide bonds. The molecule has 0 bridgehead atoms. The molecule has 0 spiro atoms. The van der Waals surface area contributed by atoms with Crippen molar-refractivity contribution in [2.24, 2.45) is 0 Å². The van der Waals surface area contributed by atoms with E-state index in [9.17, 15) is 18.0 Å². The maximum Gasteiger partial charge on any atom is 0.416 e. The number of hydrogen-bond donors (Lipinski definition) is 0. The number of ether oxygens (including phenoxy) is 1. The van der Waals surface area contributed by atoms with E-state index in [4.69, 9.17) is 4.74 Å². The van der Waals surface area contributed by atoms with Crippen LogP contribution in [0.3, 0.4) is 0 Å². The first kappa shape index (κ1) is 16.2. The van der Waals surface area contributed by atoms with Crippen molar-refractivity contribution >= 4 is 27.6 Å². The molecule has 1 heterocycles. The number of benzene rings is 1. The second kappa shape index (κ2) is 5.19. The van der Waals surface area contributed by atoms with Crippen LogP contribution >= 0.6 is 11.5 Å². The molecule has 1 saturated carbocycles. The number of halogens is 3. The van der Waals surface area contributed by atoms with Crippen LogP contribution in [0.15, 0.2) is 12.1 Å². The lowest BCUT2D eigenvalue weighted by Crippen LogP contribution is -2.24. The van der Waals surface area contributed by atoms with E-state index in [0.717, 1.165) is 36.5 Å². The van der Waals surface area contributed by atoms with Gasteiger partial charge in [-0.2, -0.15) is 17.5 Å². The highest BCUT2D eigenvalue weighted by Gasteiger charge is 2.35. The predicted octanol–water partition coefficient (Wildman–Crippen LogP) is 5.15. The summed E-state index contributed by atoms with van der Waals surface area (Å²) in [4.78, 5) is 12.3. The van der Waals surface area contributed by atoms with E-state index in [1.807, 2.05) is 0 Å². The number of fused-ring (bicyclic) bond motifs is 1. The average molecular weight is 343 g/mol. The zero-order chi connectivity index (χ0) is 17.0. The molecule has 3 rings (SSSR count). The van der Waals surface area contributed by atoms with Crippen LogP contribution in [-0.4, -0.2) is 15.9 Å². The Labute approximate surface area is 135 Å². The van der Waals surface area contributed by atoms with Crippen molar-refractivity contribution in [2.75, 3.05) is 0 Å². The number of carbonyl (C=O) groups excluding carboxylic acids is 1. The molecule has 1 aliphatic rings. The van der Waals surface area contributed by atoms with Gasteiger partial charge in [-0.1, -0.05) is 0 Å². The van der Waals surface area contributed by atoms with Gasteiger partial charge in [0.25, 0.3) is 0 Å². The minimum atomic E-state index is -4.52. The Morgan fingerprint density at radius 1 is 1.26 bits per heavy atom. The first-order valence-electron chi connectivity index (χ1n) is 7.30. The normalized spacial score (nSPS) is 15.9. The predicted molar refractivity (Wildman–Crippen MR) is 81.8 cm³/mol. The van der Waals surface area contributed by atoms with Crippen molar-refractivity contribution in [1.29, 1.82) is 0 Å². The van der Waals surface area contributed by atoms with Crippen molar-refractivity contribution < 1.29 is 22.7 Å². The maximum atomic E-state index is 13.2. The highest BCUT2D eigenvalue weighted by molar-refractivity contribution is 7.13. The van der Waals surface area contributed by atoms with Gasteiger partial charge in [-0.3, -0.25) is 0 Å². The Morgan fingerprint density at radius 3 is 2.43 bits per heavy atom. The van der Waals surface area contributed by atoms with Crippen LogP contribution < -0.4 is 0 Å². The first-order valence-corrected chi connectivity index (χ1v) is 8.07. The van der Waals surface area contributed by atoms with Crippen LogP contribution in [0.5, 0.6) is 0 Å². The first-order chi connectivity index (χ1) is 10.6. The van der Waals surface area contributed by atoms with Crippen LogP contribution in [0, 0.1) is 0 Å². The Kier molecular flexibility index (Phi) is 3.66. The van der Waals surface area contributed by atoms with Crippen molar-refractivity contribution in [3.05, 3.63) is 29.0 Å². The quantitative estimate of drug-likeness (QED) is 0.708. The van der Waals surface area contributed by atoms with Gasteiger partial charge in [0.1, 0.15) is 5.60 Å². The second-order valence-corrected chi connectivity index (χ2v) is 7.52. The van der Waals surface area contributed by atoms with Gasteiger partial charge in [-0.05, 0) is 57.3 Å². The molecule has 2 aromatic rings. The van der Waals surface area contributed by atoms with Gasteiger partial charge >= 0.3 is 12.1 Å². The summed E-state index contributed by atoms with van der Waals surface area (Å²) in [5, 5.41) is 0.424. The molecule has 0 saturated heterocycles. The van der Waals surface area contributed by atoms with Crippen LogP contribution in [0.2, 0.25) is 0 Å². The summed E-state index contributed by atoms with van der Waals surface area (Å²) in [6, 6.07) is 1.96. The summed E-state index contributed by atoms with van der Waals surface area (Å²) in [5.74, 6) is -0.543. The maximum absolute atomic E-state index is 13.2. The second-order valence-electron chi connectivity index (χ2n) is 6.74. The molecule has 1 fully saturated rings. The topological polar surface area (TPSA) is 39.2 Å². The molecule has 1 aliphatic carbocycles. The van der Waals surface area contributed by atoms with E-state index in [1.165, 1.54) is 0 Å². The smallest absolute Gasteiger partial charge is 0.416 e. The molecule has 7 heteroatoms. The fourth-order valence-electron chi connectivity index (χ4n) is 2.36. The molecular weight excluding hydrogens is 327 g/mol. The lowest BCUT2D eigenvalue weighted by molar-refractivity contribution is -0.137. The van der Waals surface area contributed by atoms with E-state index in [-0.39, 0.29) is 11.5 Å². The number of alkyl halides is 3. The highest BCUT2D eigenvalue weighted by atomic mass is 32.1. The third-order valence-electron chi connectivity index (χ3n) is 3.51. The molecule has 0 atom stereocenters. The standard InChI is InChI=1S/C16H16F3NO2S/c1-15(2,3)22-14(21)11-7-9(16(17,18)19)6-10-12(8-4-5-8)20-23-13(10)11/h6-8H,4-5H2,1-3H3. The summed E-state index contributed by atoms with van der Waals surface area (Å²) in [7, 11) is 0. The summed E-state index contributed by atoms with van der Waals surface area (Å²) in [5.41, 5.74) is -1.01. The van der Waals surface area contributed by atoms with E-state index in [0.29, 0.717) is 15.8 Å². The average Bonchev–Trinajstić information content (AvgIpc) is 3.14. The van der Waals surface area contributed by atoms with Gasteiger partial charge in [-0.15, -0.1) is 0 Å². The molecule has 0 unspecified atom stereocenters. The SMILES string of the molecule is CC(C)(C)OC(=O)c1cc(C(F)(F)F)cc2c(C3CC3)nsc12. The zero-order valence-corrected chi connectivity index (χ0v) is 13.8. The Morgan fingerprint density at radius 2 is 1.91 bits per heavy atom. The summed E-state index contributed by atoms with van der Waals surface area (Å²) >= 11 is 1.06. The van der Waals surface area contributed by atoms with Crippen LogP contribution in [0.25, 0.3) is 10.1 Å². The number of hydrogen-bond acceptors (Lipinski definition) is 4. The summed E-state index contributed by atoms with van der Waals surface area (Å²) in [6.45, 7) is 5.04. The van der Waals surface area contributed by atoms with Crippen molar-refractivity contribution in [1.82, 2.24) is 4.37 Å². The molecule has 1 aromatic heterocycles. The van der Waals surface area contributed by atoms with Gasteiger partial charge in [0.05, 0.1) is 21.5 Å². The van der Waals surface area contributed by atoms with E-state index >= 15 is 0 Å². The van der Waals surface area contributed by atoms with Gasteiger partial charge < -0.3 is 4.74 Å². The molecule has 124 valence electrons. The largest absolute Gasteiger partial charge is 0.456 e. The monoisotopic (exact) mass is 343 g/mol. The number of rotatable bonds is 2. The zero-order valence-electron chi connectivity index (χ0n) is 13.0. The molecule has 3 nitrogen and oxygen atoms in total.